The molecule has 0 atom stereocenters. The van der Waals surface area contributed by atoms with Crippen LogP contribution >= 0.6 is 11.6 Å². The summed E-state index contributed by atoms with van der Waals surface area (Å²) < 4.78 is 10.4. The van der Waals surface area contributed by atoms with E-state index < -0.39 is 11.8 Å². The molecule has 2 amide bonds. The fourth-order valence-electron chi connectivity index (χ4n) is 2.01. The van der Waals surface area contributed by atoms with Gasteiger partial charge in [-0.3, -0.25) is 9.59 Å². The minimum absolute atomic E-state index is 0.387. The number of hydrazone groups is 1. The van der Waals surface area contributed by atoms with Crippen LogP contribution < -0.4 is 20.2 Å². The Bertz CT molecular complexity index is 824. The summed E-state index contributed by atoms with van der Waals surface area (Å²) in [6.45, 7) is 2.36. The highest BCUT2D eigenvalue weighted by Gasteiger charge is 2.14. The highest BCUT2D eigenvalue weighted by atomic mass is 35.5. The summed E-state index contributed by atoms with van der Waals surface area (Å²) in [7, 11) is 1.47. The molecule has 0 radical (unpaired) electrons. The SMILES string of the molecule is CCOc1ccc(/C=N\NC(=O)C(=O)Nc2ccccc2OC)cc1Cl. The average Bonchev–Trinajstić information content (AvgIpc) is 2.64. The highest BCUT2D eigenvalue weighted by Crippen LogP contribution is 2.25. The lowest BCUT2D eigenvalue weighted by Crippen LogP contribution is -2.32. The number of amides is 2. The summed E-state index contributed by atoms with van der Waals surface area (Å²) in [5, 5.41) is 6.63. The van der Waals surface area contributed by atoms with Crippen molar-refractivity contribution in [3.05, 3.63) is 53.1 Å². The van der Waals surface area contributed by atoms with Gasteiger partial charge < -0.3 is 14.8 Å². The Labute approximate surface area is 155 Å². The van der Waals surface area contributed by atoms with Crippen molar-refractivity contribution >= 4 is 35.3 Å². The van der Waals surface area contributed by atoms with E-state index in [1.54, 1.807) is 42.5 Å². The first-order valence-electron chi connectivity index (χ1n) is 7.75. The molecule has 0 aliphatic rings. The summed E-state index contributed by atoms with van der Waals surface area (Å²) in [6.07, 6.45) is 1.37. The van der Waals surface area contributed by atoms with Crippen molar-refractivity contribution in [1.82, 2.24) is 5.43 Å². The Balaban J connectivity index is 1.94. The number of carbonyl (C=O) groups is 2. The lowest BCUT2D eigenvalue weighted by Gasteiger charge is -2.08. The second-order valence-corrected chi connectivity index (χ2v) is 5.38. The number of rotatable bonds is 6. The number of ether oxygens (including phenoxy) is 2. The molecule has 0 aliphatic heterocycles. The minimum atomic E-state index is -0.913. The third kappa shape index (κ3) is 5.22. The van der Waals surface area contributed by atoms with Gasteiger partial charge in [-0.15, -0.1) is 0 Å². The number of halogens is 1. The second kappa shape index (κ2) is 9.43. The Hall–Kier alpha value is -3.06. The quantitative estimate of drug-likeness (QED) is 0.461. The van der Waals surface area contributed by atoms with E-state index in [0.717, 1.165) is 0 Å². The molecule has 0 saturated heterocycles. The summed E-state index contributed by atoms with van der Waals surface area (Å²) >= 11 is 6.07. The van der Waals surface area contributed by atoms with Gasteiger partial charge in [0.15, 0.2) is 0 Å². The molecule has 2 aromatic rings. The normalized spacial score (nSPS) is 10.4. The van der Waals surface area contributed by atoms with Crippen molar-refractivity contribution < 1.29 is 19.1 Å². The molecule has 0 unspecified atom stereocenters. The highest BCUT2D eigenvalue weighted by molar-refractivity contribution is 6.39. The smallest absolute Gasteiger partial charge is 0.329 e. The van der Waals surface area contributed by atoms with E-state index in [2.05, 4.69) is 15.8 Å². The molecule has 2 N–H and O–H groups in total. The molecule has 26 heavy (non-hydrogen) atoms. The fraction of sp³-hybridized carbons (Fsp3) is 0.167. The molecule has 0 heterocycles. The third-order valence-corrected chi connectivity index (χ3v) is 3.49. The van der Waals surface area contributed by atoms with Gasteiger partial charge in [0, 0.05) is 0 Å². The maximum absolute atomic E-state index is 11.9. The van der Waals surface area contributed by atoms with E-state index in [1.165, 1.54) is 13.3 Å². The standard InChI is InChI=1S/C18H18ClN3O4/c1-3-26-15-9-8-12(10-13(15)19)11-20-22-18(24)17(23)21-14-6-4-5-7-16(14)25-2/h4-11H,3H2,1-2H3,(H,21,23)(H,22,24)/b20-11-. The van der Waals surface area contributed by atoms with Gasteiger partial charge in [0.25, 0.3) is 0 Å². The van der Waals surface area contributed by atoms with Crippen LogP contribution in [0.25, 0.3) is 0 Å². The van der Waals surface area contributed by atoms with Crippen LogP contribution in [0.3, 0.4) is 0 Å². The number of hydrogen-bond acceptors (Lipinski definition) is 5. The predicted octanol–water partition coefficient (Wildman–Crippen LogP) is 2.84. The van der Waals surface area contributed by atoms with Crippen molar-refractivity contribution in [3.63, 3.8) is 0 Å². The number of anilines is 1. The monoisotopic (exact) mass is 375 g/mol. The van der Waals surface area contributed by atoms with Crippen LogP contribution in [0.4, 0.5) is 5.69 Å². The zero-order chi connectivity index (χ0) is 18.9. The first kappa shape index (κ1) is 19.3. The summed E-state index contributed by atoms with van der Waals surface area (Å²) in [5.41, 5.74) is 3.18. The van der Waals surface area contributed by atoms with Gasteiger partial charge in [-0.05, 0) is 42.8 Å². The van der Waals surface area contributed by atoms with Crippen LogP contribution in [0.15, 0.2) is 47.6 Å². The molecule has 0 saturated carbocycles. The molecular weight excluding hydrogens is 358 g/mol. The fourth-order valence-corrected chi connectivity index (χ4v) is 2.26. The first-order valence-corrected chi connectivity index (χ1v) is 8.12. The van der Waals surface area contributed by atoms with Gasteiger partial charge >= 0.3 is 11.8 Å². The van der Waals surface area contributed by atoms with Crippen LogP contribution in [0.5, 0.6) is 11.5 Å². The largest absolute Gasteiger partial charge is 0.495 e. The number of nitrogens with one attached hydrogen (secondary N) is 2. The Morgan fingerprint density at radius 1 is 1.15 bits per heavy atom. The number of para-hydroxylation sites is 2. The van der Waals surface area contributed by atoms with Crippen molar-refractivity contribution in [2.24, 2.45) is 5.10 Å². The van der Waals surface area contributed by atoms with E-state index in [4.69, 9.17) is 21.1 Å². The first-order chi connectivity index (χ1) is 12.5. The Kier molecular flexibility index (Phi) is 6.99. The molecule has 2 aromatic carbocycles. The summed E-state index contributed by atoms with van der Waals surface area (Å²) in [6, 6.07) is 11.8. The number of benzene rings is 2. The lowest BCUT2D eigenvalue weighted by molar-refractivity contribution is -0.136. The average molecular weight is 376 g/mol. The van der Waals surface area contributed by atoms with E-state index in [-0.39, 0.29) is 0 Å². The van der Waals surface area contributed by atoms with E-state index in [1.807, 2.05) is 6.92 Å². The van der Waals surface area contributed by atoms with E-state index in [9.17, 15) is 9.59 Å². The van der Waals surface area contributed by atoms with Crippen molar-refractivity contribution in [2.45, 2.75) is 6.92 Å². The zero-order valence-electron chi connectivity index (χ0n) is 14.3. The Morgan fingerprint density at radius 3 is 2.62 bits per heavy atom. The van der Waals surface area contributed by atoms with E-state index >= 15 is 0 Å². The van der Waals surface area contributed by atoms with Gasteiger partial charge in [0.2, 0.25) is 0 Å². The zero-order valence-corrected chi connectivity index (χ0v) is 15.0. The summed E-state index contributed by atoms with van der Waals surface area (Å²) in [5.74, 6) is -0.770. The Morgan fingerprint density at radius 2 is 1.92 bits per heavy atom. The van der Waals surface area contributed by atoms with Crippen molar-refractivity contribution in [3.8, 4) is 11.5 Å². The van der Waals surface area contributed by atoms with Crippen molar-refractivity contribution in [1.29, 1.82) is 0 Å². The minimum Gasteiger partial charge on any atom is -0.495 e. The molecule has 0 aromatic heterocycles. The maximum Gasteiger partial charge on any atom is 0.329 e. The van der Waals surface area contributed by atoms with Crippen molar-refractivity contribution in [2.75, 3.05) is 19.0 Å². The number of methoxy groups -OCH3 is 1. The van der Waals surface area contributed by atoms with Gasteiger partial charge in [0.1, 0.15) is 11.5 Å². The maximum atomic E-state index is 11.9. The molecule has 0 fully saturated rings. The molecule has 0 aliphatic carbocycles. The van der Waals surface area contributed by atoms with Gasteiger partial charge in [-0.1, -0.05) is 23.7 Å². The van der Waals surface area contributed by atoms with Gasteiger partial charge in [-0.25, -0.2) is 5.43 Å². The van der Waals surface area contributed by atoms with E-state index in [0.29, 0.717) is 34.4 Å². The lowest BCUT2D eigenvalue weighted by atomic mass is 10.2. The van der Waals surface area contributed by atoms with Crippen LogP contribution in [-0.2, 0) is 9.59 Å². The molecule has 0 bridgehead atoms. The predicted molar refractivity (Wildman–Crippen MR) is 100.0 cm³/mol. The summed E-state index contributed by atoms with van der Waals surface area (Å²) in [4.78, 5) is 23.7. The second-order valence-electron chi connectivity index (χ2n) is 4.98. The van der Waals surface area contributed by atoms with Gasteiger partial charge in [-0.2, -0.15) is 5.10 Å². The van der Waals surface area contributed by atoms with Crippen LogP contribution in [-0.4, -0.2) is 31.7 Å². The molecular formula is C18H18ClN3O4. The van der Waals surface area contributed by atoms with Crippen LogP contribution in [0.1, 0.15) is 12.5 Å². The molecule has 8 heteroatoms. The number of hydrogen-bond donors (Lipinski definition) is 2. The molecule has 7 nitrogen and oxygen atoms in total. The molecule has 2 rings (SSSR count). The molecule has 0 spiro atoms. The third-order valence-electron chi connectivity index (χ3n) is 3.20. The topological polar surface area (TPSA) is 89.0 Å². The molecule has 136 valence electrons. The van der Waals surface area contributed by atoms with Crippen LogP contribution in [0.2, 0.25) is 5.02 Å². The van der Waals surface area contributed by atoms with Crippen LogP contribution in [0, 0.1) is 0 Å². The van der Waals surface area contributed by atoms with Gasteiger partial charge in [0.05, 0.1) is 30.6 Å². The number of nitrogens with zero attached hydrogens (tertiary/aromatic N) is 1. The number of carbonyl (C=O) groups excluding carboxylic acids is 2.